The molecule has 0 radical (unpaired) electrons. The highest BCUT2D eigenvalue weighted by Gasteiger charge is 2.14. The van der Waals surface area contributed by atoms with E-state index < -0.39 is 5.54 Å². The lowest BCUT2D eigenvalue weighted by Crippen LogP contribution is -2.28. The third-order valence-electron chi connectivity index (χ3n) is 1.66. The van der Waals surface area contributed by atoms with Gasteiger partial charge in [0.25, 0.3) is 0 Å². The van der Waals surface area contributed by atoms with Crippen LogP contribution in [0.15, 0.2) is 22.7 Å². The molecule has 0 aliphatic rings. The fraction of sp³-hybridized carbons (Fsp3) is 0.333. The van der Waals surface area contributed by atoms with Gasteiger partial charge in [-0.1, -0.05) is 6.07 Å². The first-order valence-electron chi connectivity index (χ1n) is 3.65. The van der Waals surface area contributed by atoms with Crippen molar-refractivity contribution in [3.8, 4) is 0 Å². The average molecular weight is 232 g/mol. The van der Waals surface area contributed by atoms with Gasteiger partial charge in [-0.05, 0) is 47.5 Å². The molecule has 0 saturated carbocycles. The van der Waals surface area contributed by atoms with Crippen LogP contribution in [0.1, 0.15) is 19.4 Å². The monoisotopic (exact) mass is 231 g/mol. The highest BCUT2D eigenvalue weighted by Crippen LogP contribution is 2.23. The molecule has 0 spiro atoms. The molecule has 0 aromatic heterocycles. The van der Waals surface area contributed by atoms with Crippen LogP contribution in [0.5, 0.6) is 0 Å². The molecule has 0 unspecified atom stereocenters. The third kappa shape index (κ3) is 2.05. The SMILES string of the molecule is CC(C)(N)c1ccc(F)c(Br)c1. The minimum absolute atomic E-state index is 0.261. The Morgan fingerprint density at radius 1 is 1.42 bits per heavy atom. The fourth-order valence-electron chi connectivity index (χ4n) is 0.897. The summed E-state index contributed by atoms with van der Waals surface area (Å²) < 4.78 is 13.3. The predicted octanol–water partition coefficient (Wildman–Crippen LogP) is 2.78. The molecule has 12 heavy (non-hydrogen) atoms. The van der Waals surface area contributed by atoms with Crippen molar-refractivity contribution in [2.24, 2.45) is 5.73 Å². The van der Waals surface area contributed by atoms with E-state index in [0.29, 0.717) is 4.47 Å². The van der Waals surface area contributed by atoms with E-state index in [9.17, 15) is 4.39 Å². The number of hydrogen-bond donors (Lipinski definition) is 1. The zero-order valence-corrected chi connectivity index (χ0v) is 8.65. The minimum Gasteiger partial charge on any atom is -0.322 e. The summed E-state index contributed by atoms with van der Waals surface area (Å²) in [5.41, 5.74) is 6.32. The summed E-state index contributed by atoms with van der Waals surface area (Å²) in [5, 5.41) is 0. The fourth-order valence-corrected chi connectivity index (χ4v) is 1.28. The summed E-state index contributed by atoms with van der Waals surface area (Å²) in [6, 6.07) is 4.81. The van der Waals surface area contributed by atoms with E-state index in [1.807, 2.05) is 13.8 Å². The highest BCUT2D eigenvalue weighted by molar-refractivity contribution is 9.10. The Morgan fingerprint density at radius 2 is 2.00 bits per heavy atom. The predicted molar refractivity (Wildman–Crippen MR) is 51.3 cm³/mol. The summed E-state index contributed by atoms with van der Waals surface area (Å²) in [5.74, 6) is -0.261. The Balaban J connectivity index is 3.14. The van der Waals surface area contributed by atoms with Gasteiger partial charge in [0.2, 0.25) is 0 Å². The van der Waals surface area contributed by atoms with E-state index in [0.717, 1.165) is 5.56 Å². The van der Waals surface area contributed by atoms with Crippen LogP contribution >= 0.6 is 15.9 Å². The first-order chi connectivity index (χ1) is 5.41. The molecular weight excluding hydrogens is 221 g/mol. The topological polar surface area (TPSA) is 26.0 Å². The van der Waals surface area contributed by atoms with Crippen molar-refractivity contribution < 1.29 is 4.39 Å². The second-order valence-corrected chi connectivity index (χ2v) is 4.20. The molecule has 1 aromatic carbocycles. The zero-order chi connectivity index (χ0) is 9.35. The molecule has 0 bridgehead atoms. The van der Waals surface area contributed by atoms with Crippen LogP contribution in [0, 0.1) is 5.82 Å². The van der Waals surface area contributed by atoms with Gasteiger partial charge in [0.15, 0.2) is 0 Å². The maximum Gasteiger partial charge on any atom is 0.137 e. The molecule has 2 N–H and O–H groups in total. The van der Waals surface area contributed by atoms with Crippen molar-refractivity contribution in [3.05, 3.63) is 34.1 Å². The average Bonchev–Trinajstić information content (AvgIpc) is 1.92. The summed E-state index contributed by atoms with van der Waals surface area (Å²) in [6.45, 7) is 3.76. The van der Waals surface area contributed by atoms with Crippen LogP contribution in [0.2, 0.25) is 0 Å². The van der Waals surface area contributed by atoms with E-state index in [1.165, 1.54) is 6.07 Å². The highest BCUT2D eigenvalue weighted by atomic mass is 79.9. The Kier molecular flexibility index (Phi) is 2.54. The van der Waals surface area contributed by atoms with Crippen LogP contribution in [0.25, 0.3) is 0 Å². The molecule has 66 valence electrons. The van der Waals surface area contributed by atoms with Gasteiger partial charge in [-0.3, -0.25) is 0 Å². The van der Waals surface area contributed by atoms with Gasteiger partial charge >= 0.3 is 0 Å². The third-order valence-corrected chi connectivity index (χ3v) is 2.27. The van der Waals surface area contributed by atoms with Gasteiger partial charge < -0.3 is 5.73 Å². The Hall–Kier alpha value is -0.410. The molecule has 1 nitrogen and oxygen atoms in total. The second kappa shape index (κ2) is 3.15. The number of hydrogen-bond acceptors (Lipinski definition) is 1. The van der Waals surface area contributed by atoms with Gasteiger partial charge in [-0.15, -0.1) is 0 Å². The van der Waals surface area contributed by atoms with Crippen LogP contribution in [0.4, 0.5) is 4.39 Å². The molecule has 0 atom stereocenters. The summed E-state index contributed by atoms with van der Waals surface area (Å²) >= 11 is 3.11. The van der Waals surface area contributed by atoms with Gasteiger partial charge in [-0.2, -0.15) is 0 Å². The Bertz CT molecular complexity index is 291. The second-order valence-electron chi connectivity index (χ2n) is 3.35. The number of nitrogens with two attached hydrogens (primary N) is 1. The van der Waals surface area contributed by atoms with Crippen LogP contribution in [0.3, 0.4) is 0 Å². The van der Waals surface area contributed by atoms with E-state index in [-0.39, 0.29) is 5.82 Å². The van der Waals surface area contributed by atoms with Crippen LogP contribution in [-0.2, 0) is 5.54 Å². The van der Waals surface area contributed by atoms with Crippen LogP contribution < -0.4 is 5.73 Å². The first-order valence-corrected chi connectivity index (χ1v) is 4.45. The van der Waals surface area contributed by atoms with E-state index >= 15 is 0 Å². The van der Waals surface area contributed by atoms with Gasteiger partial charge in [0, 0.05) is 5.54 Å². The molecule has 0 aliphatic carbocycles. The number of rotatable bonds is 1. The van der Waals surface area contributed by atoms with E-state index in [2.05, 4.69) is 15.9 Å². The normalized spacial score (nSPS) is 11.8. The van der Waals surface area contributed by atoms with Crippen molar-refractivity contribution in [1.82, 2.24) is 0 Å². The molecule has 0 fully saturated rings. The van der Waals surface area contributed by atoms with Gasteiger partial charge in [-0.25, -0.2) is 4.39 Å². The molecule has 1 aromatic rings. The minimum atomic E-state index is -0.420. The number of benzene rings is 1. The molecule has 0 aliphatic heterocycles. The summed E-state index contributed by atoms with van der Waals surface area (Å²) in [6.07, 6.45) is 0. The maximum absolute atomic E-state index is 12.8. The van der Waals surface area contributed by atoms with Gasteiger partial charge in [0.05, 0.1) is 4.47 Å². The van der Waals surface area contributed by atoms with Crippen molar-refractivity contribution in [1.29, 1.82) is 0 Å². The van der Waals surface area contributed by atoms with E-state index in [1.54, 1.807) is 12.1 Å². The van der Waals surface area contributed by atoms with Crippen molar-refractivity contribution in [2.45, 2.75) is 19.4 Å². The van der Waals surface area contributed by atoms with Crippen molar-refractivity contribution >= 4 is 15.9 Å². The van der Waals surface area contributed by atoms with Crippen molar-refractivity contribution in [2.75, 3.05) is 0 Å². The Labute approximate surface area is 79.9 Å². The molecular formula is C9H11BrFN. The standard InChI is InChI=1S/C9H11BrFN/c1-9(2,12)6-3-4-8(11)7(10)5-6/h3-5H,12H2,1-2H3. The lowest BCUT2D eigenvalue weighted by molar-refractivity contribution is 0.549. The zero-order valence-electron chi connectivity index (χ0n) is 7.07. The quantitative estimate of drug-likeness (QED) is 0.791. The van der Waals surface area contributed by atoms with Gasteiger partial charge in [0.1, 0.15) is 5.82 Å². The number of halogens is 2. The molecule has 0 heterocycles. The smallest absolute Gasteiger partial charge is 0.137 e. The maximum atomic E-state index is 12.8. The lowest BCUT2D eigenvalue weighted by atomic mass is 9.96. The molecule has 0 saturated heterocycles. The first kappa shape index (κ1) is 9.68. The van der Waals surface area contributed by atoms with Crippen molar-refractivity contribution in [3.63, 3.8) is 0 Å². The summed E-state index contributed by atoms with van der Waals surface area (Å²) in [4.78, 5) is 0. The lowest BCUT2D eigenvalue weighted by Gasteiger charge is -2.19. The molecule has 3 heteroatoms. The van der Waals surface area contributed by atoms with E-state index in [4.69, 9.17) is 5.73 Å². The molecule has 0 amide bonds. The molecule has 1 rings (SSSR count). The van der Waals surface area contributed by atoms with Crippen LogP contribution in [-0.4, -0.2) is 0 Å². The Morgan fingerprint density at radius 3 is 2.42 bits per heavy atom. The largest absolute Gasteiger partial charge is 0.322 e. The summed E-state index contributed by atoms with van der Waals surface area (Å²) in [7, 11) is 0.